The van der Waals surface area contributed by atoms with E-state index < -0.39 is 25.0 Å². The normalized spacial score (nSPS) is 13.4. The topological polar surface area (TPSA) is 68.1 Å². The van der Waals surface area contributed by atoms with Crippen molar-refractivity contribution in [3.8, 4) is 22.8 Å². The SMILES string of the molecule is COc1ccc(ON(CCC(F)(F)F)c2ccc3ncc(-c4ccc(C(=O)NC5CC5)c(C)c4)n3c2)c(F)c1. The Kier molecular flexibility index (Phi) is 7.07. The van der Waals surface area contributed by atoms with E-state index in [-0.39, 0.29) is 29.1 Å². The molecule has 7 nitrogen and oxygen atoms in total. The molecule has 1 saturated carbocycles. The van der Waals surface area contributed by atoms with Crippen LogP contribution in [0.5, 0.6) is 11.5 Å². The summed E-state index contributed by atoms with van der Waals surface area (Å²) in [4.78, 5) is 22.5. The fourth-order valence-electron chi connectivity index (χ4n) is 4.16. The van der Waals surface area contributed by atoms with E-state index in [0.717, 1.165) is 35.1 Å². The number of hydroxylamine groups is 1. The molecule has 1 fully saturated rings. The average molecular weight is 543 g/mol. The molecular weight excluding hydrogens is 516 g/mol. The molecule has 11 heteroatoms. The molecule has 1 amide bonds. The van der Waals surface area contributed by atoms with Crippen LogP contribution in [0.2, 0.25) is 0 Å². The number of fused-ring (bicyclic) bond motifs is 1. The molecule has 0 saturated heterocycles. The van der Waals surface area contributed by atoms with Crippen LogP contribution in [0, 0.1) is 12.7 Å². The Morgan fingerprint density at radius 2 is 1.95 bits per heavy atom. The van der Waals surface area contributed by atoms with Crippen molar-refractivity contribution in [1.29, 1.82) is 0 Å². The molecule has 0 atom stereocenters. The number of imidazole rings is 1. The van der Waals surface area contributed by atoms with Gasteiger partial charge in [0.2, 0.25) is 0 Å². The highest BCUT2D eigenvalue weighted by Gasteiger charge is 2.29. The molecule has 2 aromatic carbocycles. The van der Waals surface area contributed by atoms with E-state index in [4.69, 9.17) is 9.57 Å². The largest absolute Gasteiger partial charge is 0.497 e. The van der Waals surface area contributed by atoms with Crippen molar-refractivity contribution in [2.75, 3.05) is 18.7 Å². The number of anilines is 1. The highest BCUT2D eigenvalue weighted by molar-refractivity contribution is 5.96. The summed E-state index contributed by atoms with van der Waals surface area (Å²) in [5.41, 5.74) is 3.60. The van der Waals surface area contributed by atoms with Crippen LogP contribution in [0.3, 0.4) is 0 Å². The second-order valence-corrected chi connectivity index (χ2v) is 9.39. The first-order valence-corrected chi connectivity index (χ1v) is 12.4. The van der Waals surface area contributed by atoms with Gasteiger partial charge in [-0.1, -0.05) is 6.07 Å². The van der Waals surface area contributed by atoms with E-state index in [1.54, 1.807) is 41.1 Å². The third-order valence-corrected chi connectivity index (χ3v) is 6.40. The fourth-order valence-corrected chi connectivity index (χ4v) is 4.16. The summed E-state index contributed by atoms with van der Waals surface area (Å²) in [5.74, 6) is -0.903. The summed E-state index contributed by atoms with van der Waals surface area (Å²) in [7, 11) is 1.38. The van der Waals surface area contributed by atoms with Crippen LogP contribution in [0.1, 0.15) is 35.2 Å². The predicted molar refractivity (Wildman–Crippen MR) is 137 cm³/mol. The summed E-state index contributed by atoms with van der Waals surface area (Å²) < 4.78 is 60.6. The Labute approximate surface area is 221 Å². The number of aryl methyl sites for hydroxylation is 1. The number of nitrogens with one attached hydrogen (secondary N) is 1. The number of amides is 1. The first kappa shape index (κ1) is 26.3. The van der Waals surface area contributed by atoms with Gasteiger partial charge in [0.15, 0.2) is 11.6 Å². The van der Waals surface area contributed by atoms with E-state index in [2.05, 4.69) is 10.3 Å². The Balaban J connectivity index is 1.47. The van der Waals surface area contributed by atoms with Crippen LogP contribution in [0.25, 0.3) is 16.9 Å². The van der Waals surface area contributed by atoms with Gasteiger partial charge in [-0.25, -0.2) is 14.4 Å². The van der Waals surface area contributed by atoms with Crippen molar-refractivity contribution in [2.45, 2.75) is 38.4 Å². The Bertz CT molecular complexity index is 1510. The zero-order chi connectivity index (χ0) is 27.7. The Morgan fingerprint density at radius 3 is 2.62 bits per heavy atom. The molecule has 5 rings (SSSR count). The molecule has 0 bridgehead atoms. The number of benzene rings is 2. The van der Waals surface area contributed by atoms with Crippen molar-refractivity contribution in [1.82, 2.24) is 14.7 Å². The summed E-state index contributed by atoms with van der Waals surface area (Å²) in [6, 6.07) is 12.7. The Morgan fingerprint density at radius 1 is 1.15 bits per heavy atom. The maximum Gasteiger partial charge on any atom is 0.390 e. The van der Waals surface area contributed by atoms with Gasteiger partial charge in [-0.05, 0) is 61.7 Å². The first-order valence-electron chi connectivity index (χ1n) is 12.4. The fraction of sp³-hybridized carbons (Fsp3) is 0.286. The molecule has 204 valence electrons. The molecule has 0 unspecified atom stereocenters. The molecule has 1 aliphatic rings. The van der Waals surface area contributed by atoms with Crippen LogP contribution in [0.15, 0.2) is 60.9 Å². The molecule has 1 aliphatic carbocycles. The highest BCUT2D eigenvalue weighted by atomic mass is 19.4. The van der Waals surface area contributed by atoms with E-state index in [1.807, 2.05) is 13.0 Å². The number of hydrogen-bond donors (Lipinski definition) is 1. The number of aromatic nitrogens is 2. The summed E-state index contributed by atoms with van der Waals surface area (Å²) >= 11 is 0. The van der Waals surface area contributed by atoms with Crippen LogP contribution < -0.4 is 20.0 Å². The number of ether oxygens (including phenoxy) is 1. The zero-order valence-corrected chi connectivity index (χ0v) is 21.3. The second kappa shape index (κ2) is 10.5. The van der Waals surface area contributed by atoms with Gasteiger partial charge in [-0.3, -0.25) is 9.20 Å². The number of halogens is 4. The first-order chi connectivity index (χ1) is 18.6. The molecular formula is C28H26F4N4O3. The lowest BCUT2D eigenvalue weighted by atomic mass is 10.0. The average Bonchev–Trinajstić information content (AvgIpc) is 3.61. The number of pyridine rings is 1. The van der Waals surface area contributed by atoms with Crippen molar-refractivity contribution >= 4 is 17.2 Å². The van der Waals surface area contributed by atoms with E-state index in [0.29, 0.717) is 16.9 Å². The Hall–Kier alpha value is -4.28. The molecule has 0 aliphatic heterocycles. The molecule has 39 heavy (non-hydrogen) atoms. The third kappa shape index (κ3) is 6.08. The summed E-state index contributed by atoms with van der Waals surface area (Å²) in [6.07, 6.45) is -0.428. The number of nitrogens with zero attached hydrogens (tertiary/aromatic N) is 3. The number of hydrogen-bond acceptors (Lipinski definition) is 5. The molecule has 2 aromatic heterocycles. The third-order valence-electron chi connectivity index (χ3n) is 6.40. The number of carbonyl (C=O) groups is 1. The lowest BCUT2D eigenvalue weighted by molar-refractivity contribution is -0.134. The van der Waals surface area contributed by atoms with Crippen molar-refractivity contribution in [2.24, 2.45) is 0 Å². The van der Waals surface area contributed by atoms with E-state index >= 15 is 0 Å². The van der Waals surface area contributed by atoms with Gasteiger partial charge in [0.05, 0.1) is 37.7 Å². The van der Waals surface area contributed by atoms with E-state index in [9.17, 15) is 22.4 Å². The van der Waals surface area contributed by atoms with Crippen LogP contribution in [-0.2, 0) is 0 Å². The maximum absolute atomic E-state index is 14.6. The molecule has 2 heterocycles. The monoisotopic (exact) mass is 542 g/mol. The quantitative estimate of drug-likeness (QED) is 0.204. The van der Waals surface area contributed by atoms with Gasteiger partial charge in [0.1, 0.15) is 11.4 Å². The lowest BCUT2D eigenvalue weighted by Gasteiger charge is -2.25. The van der Waals surface area contributed by atoms with Gasteiger partial charge in [-0.2, -0.15) is 13.2 Å². The van der Waals surface area contributed by atoms with Crippen LogP contribution in [-0.4, -0.2) is 41.2 Å². The lowest BCUT2D eigenvalue weighted by Crippen LogP contribution is -2.32. The van der Waals surface area contributed by atoms with Gasteiger partial charge in [0.25, 0.3) is 5.91 Å². The molecule has 1 N–H and O–H groups in total. The number of alkyl halides is 3. The van der Waals surface area contributed by atoms with Gasteiger partial charge >= 0.3 is 6.18 Å². The van der Waals surface area contributed by atoms with Gasteiger partial charge in [-0.15, -0.1) is 0 Å². The van der Waals surface area contributed by atoms with Crippen molar-refractivity contribution in [3.63, 3.8) is 0 Å². The minimum absolute atomic E-state index is 0.120. The van der Waals surface area contributed by atoms with Crippen LogP contribution >= 0.6 is 0 Å². The number of rotatable bonds is 9. The van der Waals surface area contributed by atoms with Crippen molar-refractivity contribution < 1.29 is 31.9 Å². The number of carbonyl (C=O) groups excluding carboxylic acids is 1. The van der Waals surface area contributed by atoms with Gasteiger partial charge < -0.3 is 14.9 Å². The second-order valence-electron chi connectivity index (χ2n) is 9.39. The standard InChI is InChI=1S/C28H26F4N4O3/c1-17-13-18(3-8-22(17)27(37)34-19-4-5-19)24-15-33-26-10-6-20(16-35(24)26)36(12-11-28(30,31)32)39-25-9-7-21(38-2)14-23(25)29/h3,6-10,13-16,19H,4-5,11-12H2,1-2H3,(H,34,37). The smallest absolute Gasteiger partial charge is 0.390 e. The summed E-state index contributed by atoms with van der Waals surface area (Å²) in [5, 5.41) is 3.98. The summed E-state index contributed by atoms with van der Waals surface area (Å²) in [6.45, 7) is 1.27. The molecule has 0 radical (unpaired) electrons. The maximum atomic E-state index is 14.6. The van der Waals surface area contributed by atoms with Crippen LogP contribution in [0.4, 0.5) is 23.2 Å². The zero-order valence-electron chi connectivity index (χ0n) is 21.3. The van der Waals surface area contributed by atoms with E-state index in [1.165, 1.54) is 19.2 Å². The minimum atomic E-state index is -4.45. The highest BCUT2D eigenvalue weighted by Crippen LogP contribution is 2.30. The predicted octanol–water partition coefficient (Wildman–Crippen LogP) is 6.10. The molecule has 4 aromatic rings. The minimum Gasteiger partial charge on any atom is -0.497 e. The van der Waals surface area contributed by atoms with Gasteiger partial charge in [0, 0.05) is 29.4 Å². The van der Waals surface area contributed by atoms with Crippen molar-refractivity contribution in [3.05, 3.63) is 77.9 Å². The number of methoxy groups -OCH3 is 1. The molecule has 0 spiro atoms.